The van der Waals surface area contributed by atoms with E-state index in [9.17, 15) is 24.6 Å². The Labute approximate surface area is 197 Å². The van der Waals surface area contributed by atoms with Crippen LogP contribution in [0.1, 0.15) is 60.0 Å². The first-order valence-corrected chi connectivity index (χ1v) is 10.4. The summed E-state index contributed by atoms with van der Waals surface area (Å²) in [5.41, 5.74) is 12.0. The molecule has 2 fully saturated rings. The maximum Gasteiger partial charge on any atom is 0.321 e. The predicted molar refractivity (Wildman–Crippen MR) is 113 cm³/mol. The summed E-state index contributed by atoms with van der Waals surface area (Å²) in [6.45, 7) is 4.06. The second-order valence-electron chi connectivity index (χ2n) is 8.47. The van der Waals surface area contributed by atoms with E-state index in [1.165, 1.54) is 17.7 Å². The van der Waals surface area contributed by atoms with Crippen LogP contribution in [0, 0.1) is 19.3 Å². The van der Waals surface area contributed by atoms with Gasteiger partial charge in [-0.1, -0.05) is 30.0 Å². The molecule has 1 heterocycles. The van der Waals surface area contributed by atoms with E-state index in [-0.39, 0.29) is 65.0 Å². The average molecular weight is 615 g/mol. The van der Waals surface area contributed by atoms with E-state index < -0.39 is 17.4 Å². The van der Waals surface area contributed by atoms with Crippen molar-refractivity contribution in [2.75, 3.05) is 13.1 Å². The molecule has 1 aromatic rings. The van der Waals surface area contributed by atoms with Crippen molar-refractivity contribution in [3.8, 4) is 0 Å². The van der Waals surface area contributed by atoms with Gasteiger partial charge < -0.3 is 26.6 Å². The number of carboxylic acid groups (broad SMARTS) is 2. The zero-order valence-corrected chi connectivity index (χ0v) is 20.4. The van der Waals surface area contributed by atoms with Gasteiger partial charge in [-0.2, -0.15) is 0 Å². The van der Waals surface area contributed by atoms with Crippen LogP contribution in [0.4, 0.5) is 0 Å². The molecule has 1 aromatic carbocycles. The molecule has 2 atom stereocenters. The molecule has 1 saturated heterocycles. The van der Waals surface area contributed by atoms with Crippen molar-refractivity contribution in [1.29, 1.82) is 0 Å². The molecule has 9 heteroatoms. The van der Waals surface area contributed by atoms with Crippen molar-refractivity contribution < 1.29 is 45.7 Å². The minimum absolute atomic E-state index is 0. The van der Waals surface area contributed by atoms with Crippen molar-refractivity contribution in [2.24, 2.45) is 16.9 Å². The largest absolute Gasteiger partial charge is 0.480 e. The molecule has 2 aliphatic rings. The Balaban J connectivity index is 0.000000450. The molecule has 6 N–H and O–H groups in total. The molecule has 1 aliphatic heterocycles. The number of nitrogens with zero attached hydrogens (tertiary/aromatic N) is 1. The van der Waals surface area contributed by atoms with E-state index >= 15 is 0 Å². The van der Waals surface area contributed by atoms with Crippen LogP contribution in [0.2, 0.25) is 0 Å². The molecule has 8 nitrogen and oxygen atoms in total. The number of aryl methyl sites for hydroxylation is 2. The molecule has 1 amide bonds. The van der Waals surface area contributed by atoms with Crippen LogP contribution in [0.5, 0.6) is 0 Å². The molecule has 0 radical (unpaired) electrons. The first-order valence-electron chi connectivity index (χ1n) is 10.4. The first-order chi connectivity index (χ1) is 14.1. The fourth-order valence-electron chi connectivity index (χ4n) is 4.08. The normalized spacial score (nSPS) is 22.4. The number of hydrogen-bond acceptors (Lipinski definition) is 5. The number of piperidine rings is 1. The second-order valence-corrected chi connectivity index (χ2v) is 8.47. The molecule has 31 heavy (non-hydrogen) atoms. The van der Waals surface area contributed by atoms with E-state index in [2.05, 4.69) is 0 Å². The van der Waals surface area contributed by atoms with Gasteiger partial charge in [0.15, 0.2) is 5.41 Å². The van der Waals surface area contributed by atoms with Gasteiger partial charge in [0.2, 0.25) is 0 Å². The monoisotopic (exact) mass is 614 g/mol. The van der Waals surface area contributed by atoms with Crippen molar-refractivity contribution in [1.82, 2.24) is 4.90 Å². The van der Waals surface area contributed by atoms with Crippen molar-refractivity contribution in [3.05, 3.63) is 34.9 Å². The number of nitrogens with two attached hydrogens (primary N) is 2. The fraction of sp³-hybridized carbons (Fsp3) is 0.591. The van der Waals surface area contributed by atoms with Gasteiger partial charge in [0.05, 0.1) is 0 Å². The number of aliphatic carboxylic acids is 2. The van der Waals surface area contributed by atoms with Crippen LogP contribution < -0.4 is 11.5 Å². The van der Waals surface area contributed by atoms with Crippen LogP contribution in [0.3, 0.4) is 0 Å². The van der Waals surface area contributed by atoms with Gasteiger partial charge in [-0.3, -0.25) is 14.4 Å². The number of carboxylic acids is 2. The quantitative estimate of drug-likeness (QED) is 0.381. The molecule has 0 aromatic heterocycles. The third kappa shape index (κ3) is 6.86. The number of rotatable bonds is 3. The van der Waals surface area contributed by atoms with Crippen molar-refractivity contribution >= 4 is 17.8 Å². The van der Waals surface area contributed by atoms with Gasteiger partial charge in [-0.25, -0.2) is 0 Å². The van der Waals surface area contributed by atoms with Crippen molar-refractivity contribution in [3.63, 3.8) is 0 Å². The molecule has 0 unspecified atom stereocenters. The maximum absolute atomic E-state index is 12.5. The minimum atomic E-state index is -1.78. The molecule has 3 rings (SSSR count). The summed E-state index contributed by atoms with van der Waals surface area (Å²) in [5.74, 6) is -2.85. The van der Waals surface area contributed by atoms with Gasteiger partial charge >= 0.3 is 11.9 Å². The average Bonchev–Trinajstić information content (AvgIpc) is 2.69. The van der Waals surface area contributed by atoms with Gasteiger partial charge in [0.1, 0.15) is 0 Å². The maximum atomic E-state index is 12.5. The third-order valence-corrected chi connectivity index (χ3v) is 6.07. The van der Waals surface area contributed by atoms with Crippen LogP contribution in [0.15, 0.2) is 18.2 Å². The molecule has 0 bridgehead atoms. The number of hydrogen-bond donors (Lipinski definition) is 4. The topological polar surface area (TPSA) is 147 Å². The SMILES string of the molecule is Cc1cc(C)cc(C(=O)N2CCC(C(=O)O)(C(=O)O)CC2)c1.N[C@@H]1CCCC[C@H]1N.[Pt]. The number of carbonyl (C=O) groups excluding carboxylic acids is 1. The first kappa shape index (κ1) is 27.3. The van der Waals surface area contributed by atoms with Gasteiger partial charge in [0.25, 0.3) is 5.91 Å². The van der Waals surface area contributed by atoms with E-state index in [4.69, 9.17) is 11.5 Å². The Morgan fingerprint density at radius 2 is 1.32 bits per heavy atom. The summed E-state index contributed by atoms with van der Waals surface area (Å²) in [4.78, 5) is 36.6. The van der Waals surface area contributed by atoms with E-state index in [0.29, 0.717) is 5.56 Å². The van der Waals surface area contributed by atoms with E-state index in [0.717, 1.165) is 24.0 Å². The zero-order valence-electron chi connectivity index (χ0n) is 18.1. The Morgan fingerprint density at radius 3 is 1.68 bits per heavy atom. The van der Waals surface area contributed by atoms with Crippen LogP contribution in [0.25, 0.3) is 0 Å². The van der Waals surface area contributed by atoms with E-state index in [1.54, 1.807) is 12.1 Å². The number of benzene rings is 1. The molecule has 176 valence electrons. The second kappa shape index (κ2) is 11.7. The Hall–Kier alpha value is -1.76. The zero-order chi connectivity index (χ0) is 22.5. The molecular weight excluding hydrogens is 581 g/mol. The van der Waals surface area contributed by atoms with Gasteiger partial charge in [0, 0.05) is 51.8 Å². The minimum Gasteiger partial charge on any atom is -0.480 e. The van der Waals surface area contributed by atoms with Crippen LogP contribution in [-0.2, 0) is 30.7 Å². The summed E-state index contributed by atoms with van der Waals surface area (Å²) in [5, 5.41) is 18.4. The summed E-state index contributed by atoms with van der Waals surface area (Å²) < 4.78 is 0. The Bertz CT molecular complexity index is 747. The van der Waals surface area contributed by atoms with Crippen molar-refractivity contribution in [2.45, 2.75) is 64.5 Å². The van der Waals surface area contributed by atoms with Crippen LogP contribution in [-0.4, -0.2) is 58.1 Å². The van der Waals surface area contributed by atoms with E-state index in [1.807, 2.05) is 19.9 Å². The predicted octanol–water partition coefficient (Wildman–Crippen LogP) is 1.91. The molecular formula is C22H33N3O5Pt. The Kier molecular flexibility index (Phi) is 10.3. The van der Waals surface area contributed by atoms with Crippen LogP contribution >= 0.6 is 0 Å². The fourth-order valence-corrected chi connectivity index (χ4v) is 4.08. The van der Waals surface area contributed by atoms with Gasteiger partial charge in [-0.15, -0.1) is 0 Å². The Morgan fingerprint density at radius 1 is 0.903 bits per heavy atom. The standard InChI is InChI=1S/C16H19NO5.C6H14N2.Pt/c1-10-7-11(2)9-12(8-10)13(18)17-5-3-16(4-6-17,14(19)20)15(21)22;7-5-3-1-2-4-6(5)8;/h7-9H,3-6H2,1-2H3,(H,19,20)(H,21,22);5-6H,1-4,7-8H2;/t;5-,6-;/m.1./s1. The summed E-state index contributed by atoms with van der Waals surface area (Å²) in [7, 11) is 0. The molecule has 1 saturated carbocycles. The number of amides is 1. The summed E-state index contributed by atoms with van der Waals surface area (Å²) in [6, 6.07) is 6.09. The summed E-state index contributed by atoms with van der Waals surface area (Å²) >= 11 is 0. The summed E-state index contributed by atoms with van der Waals surface area (Å²) in [6.07, 6.45) is 4.65. The van der Waals surface area contributed by atoms with Gasteiger partial charge in [-0.05, 0) is 51.7 Å². The number of likely N-dealkylation sites (tertiary alicyclic amines) is 1. The molecule has 1 aliphatic carbocycles. The number of carbonyl (C=O) groups is 3. The molecule has 0 spiro atoms. The smallest absolute Gasteiger partial charge is 0.321 e. The third-order valence-electron chi connectivity index (χ3n) is 6.07.